The summed E-state index contributed by atoms with van der Waals surface area (Å²) in [5.41, 5.74) is 4.36. The van der Waals surface area contributed by atoms with Crippen molar-refractivity contribution >= 4 is 34.5 Å². The van der Waals surface area contributed by atoms with Crippen LogP contribution >= 0.6 is 11.6 Å². The van der Waals surface area contributed by atoms with Crippen LogP contribution in [0, 0.1) is 0 Å². The van der Waals surface area contributed by atoms with Crippen molar-refractivity contribution in [2.24, 2.45) is 0 Å². The summed E-state index contributed by atoms with van der Waals surface area (Å²) in [6.45, 7) is 0. The summed E-state index contributed by atoms with van der Waals surface area (Å²) in [6, 6.07) is 17.6. The predicted octanol–water partition coefficient (Wildman–Crippen LogP) is 4.90. The molecule has 0 nitrogen and oxygen atoms in total. The first-order valence-corrected chi connectivity index (χ1v) is 9.33. The summed E-state index contributed by atoms with van der Waals surface area (Å²) >= 11 is 6.06. The topological polar surface area (TPSA) is 0 Å². The summed E-state index contributed by atoms with van der Waals surface area (Å²) in [5.74, 6) is 0.540. The van der Waals surface area contributed by atoms with Gasteiger partial charge in [-0.25, -0.2) is 0 Å². The largest absolute Gasteiger partial charge is 0.0843 e. The van der Waals surface area contributed by atoms with E-state index in [2.05, 4.69) is 60.7 Å². The Morgan fingerprint density at radius 2 is 1.56 bits per heavy atom. The average Bonchev–Trinajstić information content (AvgIpc) is 2.67. The Bertz CT molecular complexity index is 1120. The van der Waals surface area contributed by atoms with Crippen LogP contribution in [-0.2, 0) is 12.8 Å². The van der Waals surface area contributed by atoms with Crippen LogP contribution in [0.3, 0.4) is 0 Å². The molecule has 122 valence electrons. The third-order valence-corrected chi connectivity index (χ3v) is 5.90. The molecule has 1 heteroatoms. The molecule has 0 saturated heterocycles. The fraction of sp³-hybridized carbons (Fsp3) is 0.167. The minimum Gasteiger partial charge on any atom is -0.0843 e. The minimum atomic E-state index is 0.540. The molecule has 0 aliphatic heterocycles. The van der Waals surface area contributed by atoms with Crippen molar-refractivity contribution in [2.45, 2.75) is 25.2 Å². The first kappa shape index (κ1) is 15.0. The van der Waals surface area contributed by atoms with Gasteiger partial charge in [0.05, 0.1) is 0 Å². The van der Waals surface area contributed by atoms with Crippen molar-refractivity contribution in [3.8, 4) is 0 Å². The van der Waals surface area contributed by atoms with Crippen molar-refractivity contribution in [1.82, 2.24) is 0 Å². The second-order valence-electron chi connectivity index (χ2n) is 7.05. The molecule has 0 heterocycles. The van der Waals surface area contributed by atoms with E-state index in [0.717, 1.165) is 24.3 Å². The number of fused-ring (bicyclic) bond motifs is 5. The Morgan fingerprint density at radius 3 is 2.40 bits per heavy atom. The van der Waals surface area contributed by atoms with Crippen LogP contribution in [0.5, 0.6) is 0 Å². The van der Waals surface area contributed by atoms with E-state index < -0.39 is 0 Å². The summed E-state index contributed by atoms with van der Waals surface area (Å²) in [7, 11) is 0. The maximum absolute atomic E-state index is 6.06. The second-order valence-corrected chi connectivity index (χ2v) is 7.49. The summed E-state index contributed by atoms with van der Waals surface area (Å²) in [4.78, 5) is 0. The zero-order chi connectivity index (χ0) is 16.8. The lowest BCUT2D eigenvalue weighted by atomic mass is 9.82. The van der Waals surface area contributed by atoms with Gasteiger partial charge in [-0.05, 0) is 75.2 Å². The standard InChI is InChI=1S/C24H19Cl/c25-20-11-7-16(8-12-20)19-6-5-18-10-13-22-21-4-2-1-3-17(21)9-14-23(22)24(18)15-19/h1-3,5,7-14,19H,4,6,15H2. The van der Waals surface area contributed by atoms with E-state index in [0.29, 0.717) is 5.92 Å². The molecular formula is C24H19Cl. The van der Waals surface area contributed by atoms with E-state index in [4.69, 9.17) is 11.6 Å². The van der Waals surface area contributed by atoms with E-state index in [1.807, 2.05) is 12.1 Å². The van der Waals surface area contributed by atoms with Crippen molar-refractivity contribution in [1.29, 1.82) is 0 Å². The third kappa shape index (κ3) is 2.53. The molecule has 1 unspecified atom stereocenters. The zero-order valence-electron chi connectivity index (χ0n) is 14.0. The fourth-order valence-electron chi connectivity index (χ4n) is 4.31. The van der Waals surface area contributed by atoms with Gasteiger partial charge in [-0.3, -0.25) is 0 Å². The molecule has 2 aliphatic rings. The minimum absolute atomic E-state index is 0.540. The van der Waals surface area contributed by atoms with Gasteiger partial charge in [0.1, 0.15) is 0 Å². The zero-order valence-corrected chi connectivity index (χ0v) is 14.8. The molecule has 5 rings (SSSR count). The highest BCUT2D eigenvalue weighted by Crippen LogP contribution is 2.31. The van der Waals surface area contributed by atoms with Crippen LogP contribution in [0.2, 0.25) is 5.02 Å². The van der Waals surface area contributed by atoms with Crippen molar-refractivity contribution in [2.75, 3.05) is 0 Å². The normalized spacial score (nSPS) is 18.2. The maximum Gasteiger partial charge on any atom is 0.0406 e. The van der Waals surface area contributed by atoms with Crippen LogP contribution in [0.15, 0.2) is 60.7 Å². The highest BCUT2D eigenvalue weighted by atomic mass is 35.5. The van der Waals surface area contributed by atoms with Crippen molar-refractivity contribution in [3.63, 3.8) is 0 Å². The lowest BCUT2D eigenvalue weighted by Crippen LogP contribution is -2.20. The van der Waals surface area contributed by atoms with Crippen molar-refractivity contribution in [3.05, 3.63) is 92.8 Å². The van der Waals surface area contributed by atoms with Crippen LogP contribution in [0.1, 0.15) is 29.0 Å². The number of allylic oxidation sites excluding steroid dienone is 2. The smallest absolute Gasteiger partial charge is 0.0406 e. The Hall–Kier alpha value is -2.31. The number of hydrogen-bond acceptors (Lipinski definition) is 0. The first-order valence-electron chi connectivity index (χ1n) is 8.95. The van der Waals surface area contributed by atoms with Gasteiger partial charge in [0.2, 0.25) is 0 Å². The summed E-state index contributed by atoms with van der Waals surface area (Å²) in [6.07, 6.45) is 12.3. The Morgan fingerprint density at radius 1 is 0.800 bits per heavy atom. The molecule has 0 aromatic heterocycles. The van der Waals surface area contributed by atoms with Crippen LogP contribution in [0.4, 0.5) is 0 Å². The van der Waals surface area contributed by atoms with E-state index in [-0.39, 0.29) is 0 Å². The number of benzene rings is 3. The van der Waals surface area contributed by atoms with Gasteiger partial charge in [-0.2, -0.15) is 0 Å². The second kappa shape index (κ2) is 5.89. The molecule has 25 heavy (non-hydrogen) atoms. The Labute approximate surface area is 152 Å². The van der Waals surface area contributed by atoms with E-state index in [9.17, 15) is 0 Å². The third-order valence-electron chi connectivity index (χ3n) is 5.64. The van der Waals surface area contributed by atoms with E-state index in [1.165, 1.54) is 37.9 Å². The average molecular weight is 343 g/mol. The molecule has 0 saturated carbocycles. The number of rotatable bonds is 1. The van der Waals surface area contributed by atoms with Gasteiger partial charge in [-0.15, -0.1) is 0 Å². The molecule has 3 aromatic rings. The molecule has 2 aliphatic carbocycles. The fourth-order valence-corrected chi connectivity index (χ4v) is 4.44. The highest BCUT2D eigenvalue weighted by molar-refractivity contribution is 6.30. The van der Waals surface area contributed by atoms with Gasteiger partial charge in [0.25, 0.3) is 0 Å². The van der Waals surface area contributed by atoms with Crippen molar-refractivity contribution < 1.29 is 0 Å². The van der Waals surface area contributed by atoms with Crippen LogP contribution < -0.4 is 10.4 Å². The van der Waals surface area contributed by atoms with Crippen LogP contribution in [0.25, 0.3) is 22.9 Å². The van der Waals surface area contributed by atoms with Gasteiger partial charge >= 0.3 is 0 Å². The van der Waals surface area contributed by atoms with E-state index >= 15 is 0 Å². The lowest BCUT2D eigenvalue weighted by Gasteiger charge is -2.23. The quantitative estimate of drug-likeness (QED) is 0.590. The van der Waals surface area contributed by atoms with E-state index in [1.54, 1.807) is 0 Å². The predicted molar refractivity (Wildman–Crippen MR) is 107 cm³/mol. The molecule has 0 bridgehead atoms. The van der Waals surface area contributed by atoms with Crippen LogP contribution in [-0.4, -0.2) is 0 Å². The molecular weight excluding hydrogens is 324 g/mol. The Kier molecular flexibility index (Phi) is 3.53. The molecule has 3 aromatic carbocycles. The monoisotopic (exact) mass is 342 g/mol. The number of hydrogen-bond donors (Lipinski definition) is 0. The Balaban J connectivity index is 1.65. The molecule has 0 N–H and O–H groups in total. The first-order chi connectivity index (χ1) is 12.3. The molecule has 0 radical (unpaired) electrons. The number of halogens is 1. The molecule has 0 amide bonds. The summed E-state index contributed by atoms with van der Waals surface area (Å²) in [5, 5.41) is 6.43. The molecule has 0 fully saturated rings. The van der Waals surface area contributed by atoms with Gasteiger partial charge in [-0.1, -0.05) is 72.3 Å². The summed E-state index contributed by atoms with van der Waals surface area (Å²) < 4.78 is 0. The van der Waals surface area contributed by atoms with Gasteiger partial charge in [0, 0.05) is 5.02 Å². The SMILES string of the molecule is Clc1ccc(C2CC=c3ccc4c5c(ccc4c3C2)=CC=CC5)cc1. The van der Waals surface area contributed by atoms with Gasteiger partial charge in [0.15, 0.2) is 0 Å². The molecule has 0 spiro atoms. The van der Waals surface area contributed by atoms with Gasteiger partial charge < -0.3 is 0 Å². The lowest BCUT2D eigenvalue weighted by molar-refractivity contribution is 0.698. The highest BCUT2D eigenvalue weighted by Gasteiger charge is 2.18. The molecule has 1 atom stereocenters. The maximum atomic E-state index is 6.06.